The number of fused-ring (bicyclic) bond motifs is 2. The molecule has 2 unspecified atom stereocenters. The first-order valence-electron chi connectivity index (χ1n) is 11.1. The number of benzene rings is 2. The Kier molecular flexibility index (Phi) is 5.94. The van der Waals surface area contributed by atoms with E-state index >= 15 is 0 Å². The van der Waals surface area contributed by atoms with E-state index in [0.29, 0.717) is 41.8 Å². The van der Waals surface area contributed by atoms with Crippen molar-refractivity contribution in [3.05, 3.63) is 53.6 Å². The zero-order chi connectivity index (χ0) is 25.5. The normalized spacial score (nSPS) is 21.6. The fourth-order valence-electron chi connectivity index (χ4n) is 4.78. The van der Waals surface area contributed by atoms with Gasteiger partial charge in [0.15, 0.2) is 0 Å². The van der Waals surface area contributed by atoms with E-state index in [-0.39, 0.29) is 30.7 Å². The maximum absolute atomic E-state index is 13.1. The van der Waals surface area contributed by atoms with E-state index in [1.165, 1.54) is 17.0 Å². The van der Waals surface area contributed by atoms with Crippen molar-refractivity contribution in [1.82, 2.24) is 25.2 Å². The highest BCUT2D eigenvalue weighted by atomic mass is 19.4. The van der Waals surface area contributed by atoms with Crippen LogP contribution in [-0.2, 0) is 16.1 Å². The molecule has 13 heteroatoms. The Labute approximate surface area is 202 Å². The molecular weight excluding hydrogens is 483 g/mol. The van der Waals surface area contributed by atoms with Gasteiger partial charge in [-0.05, 0) is 35.9 Å². The Morgan fingerprint density at radius 2 is 1.75 bits per heavy atom. The predicted octanol–water partition coefficient (Wildman–Crippen LogP) is 2.97. The molecule has 1 N–H and O–H groups in total. The molecule has 0 spiro atoms. The number of aromatic nitrogens is 3. The summed E-state index contributed by atoms with van der Waals surface area (Å²) in [7, 11) is 1.56. The number of alkyl halides is 3. The average Bonchev–Trinajstić information content (AvgIpc) is 3.54. The van der Waals surface area contributed by atoms with Gasteiger partial charge in [0.2, 0.25) is 0 Å². The summed E-state index contributed by atoms with van der Waals surface area (Å²) in [4.78, 5) is 29.0. The van der Waals surface area contributed by atoms with Gasteiger partial charge in [0.05, 0.1) is 13.1 Å². The van der Waals surface area contributed by atoms with Crippen molar-refractivity contribution in [2.45, 2.75) is 18.6 Å². The summed E-state index contributed by atoms with van der Waals surface area (Å²) in [5, 5.41) is 10.5. The number of nitrogens with zero attached hydrogens (tertiary/aromatic N) is 4. The number of methoxy groups -OCH3 is 1. The maximum atomic E-state index is 13.1. The number of aromatic amines is 1. The zero-order valence-electron chi connectivity index (χ0n) is 19.1. The van der Waals surface area contributed by atoms with Crippen molar-refractivity contribution in [2.75, 3.05) is 33.3 Å². The summed E-state index contributed by atoms with van der Waals surface area (Å²) in [6.07, 6.45) is -5.34. The third-order valence-electron chi connectivity index (χ3n) is 6.58. The molecule has 190 valence electrons. The molecule has 0 aliphatic carbocycles. The SMILES string of the molecule is COC12CN(C(=O)OCc3ccc(OC(F)(F)F)cc3)CC1CN(C(=O)c1ccc3n[nH]nc3c1)C2. The molecular formula is C23H22F3N5O5. The first kappa shape index (κ1) is 23.9. The van der Waals surface area contributed by atoms with Crippen molar-refractivity contribution >= 4 is 23.0 Å². The number of carbonyl (C=O) groups is 2. The highest BCUT2D eigenvalue weighted by Crippen LogP contribution is 2.38. The molecule has 1 aromatic heterocycles. The van der Waals surface area contributed by atoms with E-state index in [0.717, 1.165) is 12.1 Å². The highest BCUT2D eigenvalue weighted by molar-refractivity contribution is 5.97. The number of ether oxygens (including phenoxy) is 3. The highest BCUT2D eigenvalue weighted by Gasteiger charge is 2.55. The minimum absolute atomic E-state index is 0.103. The van der Waals surface area contributed by atoms with Crippen LogP contribution in [0.3, 0.4) is 0 Å². The number of amides is 2. The molecule has 2 aliphatic rings. The number of carbonyl (C=O) groups excluding carboxylic acids is 2. The molecule has 2 atom stereocenters. The van der Waals surface area contributed by atoms with E-state index in [4.69, 9.17) is 9.47 Å². The lowest BCUT2D eigenvalue weighted by atomic mass is 9.95. The Bertz CT molecular complexity index is 1280. The Morgan fingerprint density at radius 1 is 1.06 bits per heavy atom. The summed E-state index contributed by atoms with van der Waals surface area (Å²) in [5.41, 5.74) is 1.55. The molecule has 3 aromatic rings. The second kappa shape index (κ2) is 8.97. The zero-order valence-corrected chi connectivity index (χ0v) is 19.1. The summed E-state index contributed by atoms with van der Waals surface area (Å²) < 4.78 is 51.9. The van der Waals surface area contributed by atoms with Gasteiger partial charge in [-0.2, -0.15) is 15.4 Å². The van der Waals surface area contributed by atoms with Crippen LogP contribution in [0.15, 0.2) is 42.5 Å². The van der Waals surface area contributed by atoms with Crippen molar-refractivity contribution in [2.24, 2.45) is 5.92 Å². The molecule has 10 nitrogen and oxygen atoms in total. The van der Waals surface area contributed by atoms with E-state index in [9.17, 15) is 22.8 Å². The fraction of sp³-hybridized carbons (Fsp3) is 0.391. The van der Waals surface area contributed by atoms with E-state index in [1.54, 1.807) is 30.2 Å². The maximum Gasteiger partial charge on any atom is 0.573 e. The van der Waals surface area contributed by atoms with Crippen LogP contribution in [-0.4, -0.2) is 82.5 Å². The van der Waals surface area contributed by atoms with Crippen molar-refractivity contribution in [1.29, 1.82) is 0 Å². The molecule has 36 heavy (non-hydrogen) atoms. The molecule has 0 bridgehead atoms. The van der Waals surface area contributed by atoms with Gasteiger partial charge >= 0.3 is 12.5 Å². The van der Waals surface area contributed by atoms with E-state index < -0.39 is 18.1 Å². The summed E-state index contributed by atoms with van der Waals surface area (Å²) in [5.74, 6) is -0.613. The van der Waals surface area contributed by atoms with Crippen molar-refractivity contribution < 1.29 is 37.0 Å². The van der Waals surface area contributed by atoms with E-state index in [1.807, 2.05) is 0 Å². The van der Waals surface area contributed by atoms with Gasteiger partial charge in [-0.25, -0.2) is 4.79 Å². The lowest BCUT2D eigenvalue weighted by Crippen LogP contribution is -2.44. The predicted molar refractivity (Wildman–Crippen MR) is 118 cm³/mol. The van der Waals surface area contributed by atoms with Crippen LogP contribution in [0.2, 0.25) is 0 Å². The average molecular weight is 505 g/mol. The lowest BCUT2D eigenvalue weighted by molar-refractivity contribution is -0.274. The van der Waals surface area contributed by atoms with Crippen LogP contribution in [0.4, 0.5) is 18.0 Å². The third kappa shape index (κ3) is 4.65. The Morgan fingerprint density at radius 3 is 2.44 bits per heavy atom. The molecule has 5 rings (SSSR count). The van der Waals surface area contributed by atoms with Crippen LogP contribution in [0.1, 0.15) is 15.9 Å². The number of likely N-dealkylation sites (tertiary alicyclic amines) is 2. The van der Waals surface area contributed by atoms with Crippen molar-refractivity contribution in [3.8, 4) is 5.75 Å². The van der Waals surface area contributed by atoms with Crippen molar-refractivity contribution in [3.63, 3.8) is 0 Å². The number of H-pyrrole nitrogens is 1. The Hall–Kier alpha value is -3.87. The fourth-order valence-corrected chi connectivity index (χ4v) is 4.78. The van der Waals surface area contributed by atoms with Gasteiger partial charge in [-0.15, -0.1) is 13.2 Å². The summed E-state index contributed by atoms with van der Waals surface area (Å²) >= 11 is 0. The summed E-state index contributed by atoms with van der Waals surface area (Å²) in [6.45, 7) is 1.21. The second-order valence-corrected chi connectivity index (χ2v) is 8.81. The van der Waals surface area contributed by atoms with Gasteiger partial charge in [0, 0.05) is 31.7 Å². The van der Waals surface area contributed by atoms with Crippen LogP contribution < -0.4 is 4.74 Å². The number of rotatable bonds is 5. The minimum atomic E-state index is -4.77. The number of halogens is 3. The second-order valence-electron chi connectivity index (χ2n) is 8.81. The van der Waals surface area contributed by atoms with Crippen LogP contribution in [0.25, 0.3) is 11.0 Å². The first-order chi connectivity index (χ1) is 17.2. The van der Waals surface area contributed by atoms with Crippen LogP contribution in [0.5, 0.6) is 5.75 Å². The van der Waals surface area contributed by atoms with Gasteiger partial charge in [0.1, 0.15) is 29.0 Å². The molecule has 2 saturated heterocycles. The number of nitrogens with one attached hydrogen (secondary N) is 1. The number of hydrogen-bond donors (Lipinski definition) is 1. The molecule has 0 radical (unpaired) electrons. The first-order valence-corrected chi connectivity index (χ1v) is 11.1. The van der Waals surface area contributed by atoms with Crippen LogP contribution in [0, 0.1) is 5.92 Å². The smallest absolute Gasteiger partial charge is 0.445 e. The molecule has 3 heterocycles. The Balaban J connectivity index is 1.18. The van der Waals surface area contributed by atoms with Gasteiger partial charge in [-0.3, -0.25) is 4.79 Å². The monoisotopic (exact) mass is 505 g/mol. The third-order valence-corrected chi connectivity index (χ3v) is 6.58. The molecule has 0 saturated carbocycles. The van der Waals surface area contributed by atoms with Crippen LogP contribution >= 0.6 is 0 Å². The lowest BCUT2D eigenvalue weighted by Gasteiger charge is -2.27. The number of hydrogen-bond acceptors (Lipinski definition) is 7. The standard InChI is InChI=1S/C23H22F3N5O5/c1-34-22-12-30(20(32)15-4-7-18-19(8-15)28-29-27-18)9-16(22)10-31(13-22)21(33)35-11-14-2-5-17(6-3-14)36-23(24,25)26/h2-8,16H,9-13H2,1H3,(H,27,28,29). The van der Waals surface area contributed by atoms with Gasteiger partial charge in [0.25, 0.3) is 5.91 Å². The summed E-state index contributed by atoms with van der Waals surface area (Å²) in [6, 6.07) is 10.2. The van der Waals surface area contributed by atoms with Gasteiger partial charge < -0.3 is 24.0 Å². The minimum Gasteiger partial charge on any atom is -0.445 e. The quantitative estimate of drug-likeness (QED) is 0.568. The largest absolute Gasteiger partial charge is 0.573 e. The molecule has 2 aliphatic heterocycles. The van der Waals surface area contributed by atoms with Gasteiger partial charge in [-0.1, -0.05) is 12.1 Å². The molecule has 2 fully saturated rings. The molecule has 2 aromatic carbocycles. The van der Waals surface area contributed by atoms with E-state index in [2.05, 4.69) is 20.1 Å². The molecule has 2 amide bonds. The topological polar surface area (TPSA) is 110 Å².